The van der Waals surface area contributed by atoms with E-state index in [0.717, 1.165) is 6.92 Å². The number of hydrogen-bond acceptors (Lipinski definition) is 2. The second-order valence-corrected chi connectivity index (χ2v) is 5.81. The molecule has 21 heavy (non-hydrogen) atoms. The molecule has 0 unspecified atom stereocenters. The molecule has 1 aromatic rings. The van der Waals surface area contributed by atoms with Gasteiger partial charge in [-0.2, -0.15) is 8.78 Å². The van der Waals surface area contributed by atoms with E-state index in [1.807, 2.05) is 0 Å². The highest BCUT2D eigenvalue weighted by Crippen LogP contribution is 2.38. The smallest absolute Gasteiger partial charge is 0.329 e. The van der Waals surface area contributed by atoms with Gasteiger partial charge in [-0.05, 0) is 19.4 Å². The van der Waals surface area contributed by atoms with Crippen LogP contribution in [0.1, 0.15) is 13.8 Å². The quantitative estimate of drug-likeness (QED) is 0.292. The van der Waals surface area contributed by atoms with Crippen LogP contribution >= 0.6 is 7.60 Å². The van der Waals surface area contributed by atoms with Gasteiger partial charge in [-0.1, -0.05) is 0 Å². The molecule has 0 fully saturated rings. The van der Waals surface area contributed by atoms with E-state index in [0.29, 0.717) is 0 Å². The first-order chi connectivity index (χ1) is 9.45. The predicted octanol–water partition coefficient (Wildman–Crippen LogP) is 3.23. The first kappa shape index (κ1) is 17.6. The van der Waals surface area contributed by atoms with Gasteiger partial charge in [0.15, 0.2) is 0 Å². The zero-order valence-corrected chi connectivity index (χ0v) is 11.6. The average Bonchev–Trinajstić information content (AvgIpc) is 2.37. The molecule has 0 spiro atoms. The van der Waals surface area contributed by atoms with Gasteiger partial charge in [-0.25, -0.2) is 13.2 Å². The van der Waals surface area contributed by atoms with Crippen molar-refractivity contribution in [1.82, 2.24) is 0 Å². The van der Waals surface area contributed by atoms with Gasteiger partial charge in [-0.3, -0.25) is 4.57 Å². The molecule has 0 atom stereocenters. The van der Waals surface area contributed by atoms with Gasteiger partial charge in [0, 0.05) is 0 Å². The molecule has 1 rings (SSSR count). The molecule has 0 heterocycles. The molecule has 0 aliphatic rings. The Morgan fingerprint density at radius 1 is 0.952 bits per heavy atom. The molecule has 0 amide bonds. The van der Waals surface area contributed by atoms with Crippen LogP contribution in [0.25, 0.3) is 0 Å². The van der Waals surface area contributed by atoms with Crippen molar-refractivity contribution in [3.63, 3.8) is 0 Å². The molecule has 2 N–H and O–H groups in total. The molecule has 10 heteroatoms. The highest BCUT2D eigenvalue weighted by molar-refractivity contribution is 7.52. The number of benzene rings is 1. The molecule has 0 radical (unpaired) electrons. The Bertz CT molecular complexity index is 623. The maximum atomic E-state index is 13.3. The van der Waals surface area contributed by atoms with E-state index in [1.165, 1.54) is 6.92 Å². The van der Waals surface area contributed by atoms with Crippen LogP contribution < -0.4 is 4.74 Å². The van der Waals surface area contributed by atoms with E-state index in [1.54, 1.807) is 0 Å². The fourth-order valence-corrected chi connectivity index (χ4v) is 2.18. The Morgan fingerprint density at radius 2 is 1.33 bits per heavy atom. The highest BCUT2D eigenvalue weighted by Gasteiger charge is 2.28. The first-order valence-electron chi connectivity index (χ1n) is 5.36. The van der Waals surface area contributed by atoms with Crippen molar-refractivity contribution in [2.45, 2.75) is 13.8 Å². The maximum absolute atomic E-state index is 13.3. The van der Waals surface area contributed by atoms with Crippen LogP contribution in [0.3, 0.4) is 0 Å². The summed E-state index contributed by atoms with van der Waals surface area (Å²) in [5.41, 5.74) is -0.104. The van der Waals surface area contributed by atoms with Gasteiger partial charge >= 0.3 is 7.60 Å². The Morgan fingerprint density at radius 3 is 1.71 bits per heavy atom. The number of halogens is 5. The number of rotatable bonds is 4. The Balaban J connectivity index is 3.26. The minimum absolute atomic E-state index is 0.104. The lowest BCUT2D eigenvalue weighted by atomic mass is 10.2. The van der Waals surface area contributed by atoms with E-state index in [2.05, 4.69) is 4.74 Å². The minimum Gasteiger partial charge on any atom is -0.456 e. The molecule has 0 saturated carbocycles. The lowest BCUT2D eigenvalue weighted by Crippen LogP contribution is -2.07. The third kappa shape index (κ3) is 4.03. The van der Waals surface area contributed by atoms with Crippen molar-refractivity contribution in [2.75, 3.05) is 6.16 Å². The molecule has 4 nitrogen and oxygen atoms in total. The van der Waals surface area contributed by atoms with Gasteiger partial charge in [0.25, 0.3) is 0 Å². The lowest BCUT2D eigenvalue weighted by molar-refractivity contribution is 0.314. The Kier molecular flexibility index (Phi) is 5.14. The third-order valence-electron chi connectivity index (χ3n) is 2.47. The summed E-state index contributed by atoms with van der Waals surface area (Å²) >= 11 is 0. The standard InChI is InChI=1S/C11H10F5O4P/c1-4(3-21(17,18)19)5(2)20-11-9(15)7(13)6(12)8(14)10(11)16/h3H2,1-2H3,(H2,17,18,19). The molecule has 1 aromatic carbocycles. The highest BCUT2D eigenvalue weighted by atomic mass is 31.2. The SMILES string of the molecule is CC(CP(=O)(O)O)=C(C)Oc1c(F)c(F)c(F)c(F)c1F. The van der Waals surface area contributed by atoms with Crippen LogP contribution in [0.5, 0.6) is 5.75 Å². The number of hydrogen-bond donors (Lipinski definition) is 2. The summed E-state index contributed by atoms with van der Waals surface area (Å²) < 4.78 is 80.7. The summed E-state index contributed by atoms with van der Waals surface area (Å²) in [6.07, 6.45) is -0.784. The molecule has 0 bridgehead atoms. The second-order valence-electron chi connectivity index (χ2n) is 4.16. The van der Waals surface area contributed by atoms with Gasteiger partial charge in [-0.15, -0.1) is 0 Å². The van der Waals surface area contributed by atoms with Crippen LogP contribution in [0.4, 0.5) is 22.0 Å². The van der Waals surface area contributed by atoms with Crippen molar-refractivity contribution in [3.8, 4) is 5.75 Å². The normalized spacial score (nSPS) is 13.2. The summed E-state index contributed by atoms with van der Waals surface area (Å²) in [7, 11) is -4.46. The topological polar surface area (TPSA) is 66.8 Å². The number of allylic oxidation sites excluding steroid dienone is 2. The van der Waals surface area contributed by atoms with E-state index in [-0.39, 0.29) is 11.3 Å². The minimum atomic E-state index is -4.46. The fraction of sp³-hybridized carbons (Fsp3) is 0.273. The van der Waals surface area contributed by atoms with Gasteiger partial charge in [0.1, 0.15) is 5.76 Å². The van der Waals surface area contributed by atoms with Gasteiger partial charge in [0.05, 0.1) is 6.16 Å². The molecular weight excluding hydrogens is 322 g/mol. The van der Waals surface area contributed by atoms with Crippen molar-refractivity contribution in [3.05, 3.63) is 40.4 Å². The van der Waals surface area contributed by atoms with E-state index < -0.39 is 48.6 Å². The summed E-state index contributed by atoms with van der Waals surface area (Å²) in [6.45, 7) is 2.25. The first-order valence-corrected chi connectivity index (χ1v) is 7.15. The van der Waals surface area contributed by atoms with Crippen molar-refractivity contribution < 1.29 is 41.0 Å². The van der Waals surface area contributed by atoms with Gasteiger partial charge < -0.3 is 14.5 Å². The molecule has 118 valence electrons. The van der Waals surface area contributed by atoms with Crippen LogP contribution in [0.2, 0.25) is 0 Å². The van der Waals surface area contributed by atoms with Crippen molar-refractivity contribution in [1.29, 1.82) is 0 Å². The number of ether oxygens (including phenoxy) is 1. The molecule has 0 aliphatic carbocycles. The van der Waals surface area contributed by atoms with E-state index in [9.17, 15) is 26.5 Å². The Labute approximate surface area is 116 Å². The van der Waals surface area contributed by atoms with Crippen LogP contribution in [0, 0.1) is 29.1 Å². The zero-order valence-electron chi connectivity index (χ0n) is 10.8. The molecule has 0 aliphatic heterocycles. The summed E-state index contributed by atoms with van der Waals surface area (Å²) in [6, 6.07) is 0. The van der Waals surface area contributed by atoms with Crippen molar-refractivity contribution in [2.24, 2.45) is 0 Å². The van der Waals surface area contributed by atoms with Gasteiger partial charge in [0.2, 0.25) is 34.8 Å². The summed E-state index contributed by atoms with van der Waals surface area (Å²) in [4.78, 5) is 17.5. The molecular formula is C11H10F5O4P. The van der Waals surface area contributed by atoms with E-state index in [4.69, 9.17) is 9.79 Å². The summed E-state index contributed by atoms with van der Waals surface area (Å²) in [5, 5.41) is 0. The third-order valence-corrected chi connectivity index (χ3v) is 3.36. The lowest BCUT2D eigenvalue weighted by Gasteiger charge is -2.13. The van der Waals surface area contributed by atoms with Crippen molar-refractivity contribution >= 4 is 7.60 Å². The largest absolute Gasteiger partial charge is 0.456 e. The predicted molar refractivity (Wildman–Crippen MR) is 62.1 cm³/mol. The average molecular weight is 332 g/mol. The molecule has 0 aromatic heterocycles. The molecule has 0 saturated heterocycles. The van der Waals surface area contributed by atoms with E-state index >= 15 is 0 Å². The summed E-state index contributed by atoms with van der Waals surface area (Å²) in [5.74, 6) is -12.9. The zero-order chi connectivity index (χ0) is 16.5. The van der Waals surface area contributed by atoms with Crippen LogP contribution in [-0.2, 0) is 4.57 Å². The maximum Gasteiger partial charge on any atom is 0.329 e. The second kappa shape index (κ2) is 6.13. The van der Waals surface area contributed by atoms with Crippen LogP contribution in [0.15, 0.2) is 11.3 Å². The Hall–Kier alpha value is -1.44. The fourth-order valence-electron chi connectivity index (χ4n) is 1.33. The monoisotopic (exact) mass is 332 g/mol. The van der Waals surface area contributed by atoms with Crippen LogP contribution in [-0.4, -0.2) is 15.9 Å².